The van der Waals surface area contributed by atoms with Gasteiger partial charge in [-0.3, -0.25) is 4.79 Å². The average Bonchev–Trinajstić information content (AvgIpc) is 2.69. The summed E-state index contributed by atoms with van der Waals surface area (Å²) in [6.07, 6.45) is 0.352. The van der Waals surface area contributed by atoms with Crippen molar-refractivity contribution < 1.29 is 9.53 Å². The number of ether oxygens (including phenoxy) is 1. The molecule has 0 aliphatic carbocycles. The van der Waals surface area contributed by atoms with Crippen LogP contribution in [0.5, 0.6) is 5.75 Å². The Hall–Kier alpha value is -2.53. The Balaban J connectivity index is 1.52. The fraction of sp³-hybridized carbons (Fsp3) is 0.381. The van der Waals surface area contributed by atoms with E-state index in [-0.39, 0.29) is 5.91 Å². The second-order valence-electron chi connectivity index (χ2n) is 6.54. The molecule has 0 spiro atoms. The van der Waals surface area contributed by atoms with Crippen molar-refractivity contribution >= 4 is 17.3 Å². The number of piperazine rings is 1. The lowest BCUT2D eigenvalue weighted by Crippen LogP contribution is -2.46. The molecule has 3 rings (SSSR count). The first-order chi connectivity index (χ1) is 12.7. The molecule has 0 aromatic heterocycles. The van der Waals surface area contributed by atoms with Crippen LogP contribution >= 0.6 is 0 Å². The number of carbonyl (C=O) groups excluding carboxylic acids is 1. The number of likely N-dealkylation sites (N-methyl/N-ethyl adjacent to an activating group) is 1. The Bertz CT molecular complexity index is 705. The number of anilines is 2. The first-order valence-electron chi connectivity index (χ1n) is 9.18. The molecule has 0 atom stereocenters. The molecule has 2 aromatic rings. The fourth-order valence-electron chi connectivity index (χ4n) is 3.21. The van der Waals surface area contributed by atoms with Crippen LogP contribution in [0.1, 0.15) is 12.5 Å². The molecule has 0 bridgehead atoms. The number of methoxy groups -OCH3 is 1. The van der Waals surface area contributed by atoms with Gasteiger partial charge in [0.2, 0.25) is 5.91 Å². The van der Waals surface area contributed by atoms with Gasteiger partial charge in [-0.25, -0.2) is 0 Å². The van der Waals surface area contributed by atoms with Gasteiger partial charge in [0.05, 0.1) is 13.5 Å². The summed E-state index contributed by atoms with van der Waals surface area (Å²) in [6.45, 7) is 7.65. The molecule has 1 amide bonds. The van der Waals surface area contributed by atoms with E-state index in [0.29, 0.717) is 6.42 Å². The van der Waals surface area contributed by atoms with E-state index in [4.69, 9.17) is 4.74 Å². The maximum Gasteiger partial charge on any atom is 0.228 e. The van der Waals surface area contributed by atoms with Crippen molar-refractivity contribution in [2.75, 3.05) is 50.1 Å². The van der Waals surface area contributed by atoms with Crippen LogP contribution < -0.4 is 15.0 Å². The van der Waals surface area contributed by atoms with Crippen LogP contribution in [0, 0.1) is 0 Å². The van der Waals surface area contributed by atoms with E-state index in [1.54, 1.807) is 7.11 Å². The smallest absolute Gasteiger partial charge is 0.228 e. The lowest BCUT2D eigenvalue weighted by Gasteiger charge is -2.35. The minimum Gasteiger partial charge on any atom is -0.497 e. The molecule has 0 saturated carbocycles. The molecule has 1 aliphatic heterocycles. The zero-order valence-corrected chi connectivity index (χ0v) is 15.6. The van der Waals surface area contributed by atoms with Crippen molar-refractivity contribution in [1.82, 2.24) is 4.90 Å². The molecule has 1 N–H and O–H groups in total. The predicted octanol–water partition coefficient (Wildman–Crippen LogP) is 3.02. The van der Waals surface area contributed by atoms with Crippen LogP contribution in [0.15, 0.2) is 48.5 Å². The summed E-state index contributed by atoms with van der Waals surface area (Å²) >= 11 is 0. The number of carbonyl (C=O) groups is 1. The first kappa shape index (κ1) is 18.3. The van der Waals surface area contributed by atoms with Crippen molar-refractivity contribution in [2.24, 2.45) is 0 Å². The van der Waals surface area contributed by atoms with Gasteiger partial charge in [-0.05, 0) is 48.5 Å². The van der Waals surface area contributed by atoms with Gasteiger partial charge >= 0.3 is 0 Å². The second kappa shape index (κ2) is 8.72. The molecule has 0 radical (unpaired) electrons. The summed E-state index contributed by atoms with van der Waals surface area (Å²) in [5.74, 6) is 0.781. The molecule has 1 aliphatic rings. The summed E-state index contributed by atoms with van der Waals surface area (Å²) in [7, 11) is 1.63. The van der Waals surface area contributed by atoms with Crippen molar-refractivity contribution in [3.8, 4) is 5.75 Å². The van der Waals surface area contributed by atoms with E-state index >= 15 is 0 Å². The third-order valence-electron chi connectivity index (χ3n) is 4.86. The van der Waals surface area contributed by atoms with Crippen LogP contribution in [0.4, 0.5) is 11.4 Å². The molecule has 1 fully saturated rings. The van der Waals surface area contributed by atoms with E-state index in [9.17, 15) is 4.79 Å². The van der Waals surface area contributed by atoms with Crippen molar-refractivity contribution in [1.29, 1.82) is 0 Å². The van der Waals surface area contributed by atoms with Gasteiger partial charge in [-0.2, -0.15) is 0 Å². The highest BCUT2D eigenvalue weighted by atomic mass is 16.5. The topological polar surface area (TPSA) is 44.8 Å². The lowest BCUT2D eigenvalue weighted by molar-refractivity contribution is -0.115. The number of benzene rings is 2. The third-order valence-corrected chi connectivity index (χ3v) is 4.86. The van der Waals surface area contributed by atoms with Crippen LogP contribution in [0.2, 0.25) is 0 Å². The van der Waals surface area contributed by atoms with E-state index < -0.39 is 0 Å². The summed E-state index contributed by atoms with van der Waals surface area (Å²) in [5.41, 5.74) is 3.02. The highest BCUT2D eigenvalue weighted by Crippen LogP contribution is 2.20. The van der Waals surface area contributed by atoms with Gasteiger partial charge < -0.3 is 19.9 Å². The first-order valence-corrected chi connectivity index (χ1v) is 9.18. The molecule has 5 nitrogen and oxygen atoms in total. The quantitative estimate of drug-likeness (QED) is 0.867. The van der Waals surface area contributed by atoms with Crippen LogP contribution in [-0.4, -0.2) is 50.6 Å². The SMILES string of the molecule is CCN1CCN(c2ccc(NC(=O)Cc3ccc(OC)cc3)cc2)CC1. The molecule has 2 aromatic carbocycles. The highest BCUT2D eigenvalue weighted by Gasteiger charge is 2.15. The van der Waals surface area contributed by atoms with E-state index in [1.807, 2.05) is 36.4 Å². The molecule has 1 saturated heterocycles. The van der Waals surface area contributed by atoms with Crippen molar-refractivity contribution in [3.63, 3.8) is 0 Å². The Morgan fingerprint density at radius 3 is 2.23 bits per heavy atom. The number of nitrogens with one attached hydrogen (secondary N) is 1. The monoisotopic (exact) mass is 353 g/mol. The highest BCUT2D eigenvalue weighted by molar-refractivity contribution is 5.92. The number of rotatable bonds is 6. The fourth-order valence-corrected chi connectivity index (χ4v) is 3.21. The van der Waals surface area contributed by atoms with Crippen LogP contribution in [-0.2, 0) is 11.2 Å². The van der Waals surface area contributed by atoms with Crippen molar-refractivity contribution in [3.05, 3.63) is 54.1 Å². The molecule has 26 heavy (non-hydrogen) atoms. The van der Waals surface area contributed by atoms with E-state index in [1.165, 1.54) is 5.69 Å². The molecule has 0 unspecified atom stereocenters. The van der Waals surface area contributed by atoms with Crippen LogP contribution in [0.3, 0.4) is 0 Å². The Morgan fingerprint density at radius 1 is 1.00 bits per heavy atom. The largest absolute Gasteiger partial charge is 0.497 e. The number of nitrogens with zero attached hydrogens (tertiary/aromatic N) is 2. The molecular formula is C21H27N3O2. The average molecular weight is 353 g/mol. The zero-order chi connectivity index (χ0) is 18.4. The predicted molar refractivity (Wildman–Crippen MR) is 106 cm³/mol. The Labute approximate surface area is 155 Å². The van der Waals surface area contributed by atoms with Gasteiger partial charge in [0.15, 0.2) is 0 Å². The van der Waals surface area contributed by atoms with Gasteiger partial charge in [0.25, 0.3) is 0 Å². The van der Waals surface area contributed by atoms with E-state index in [2.05, 4.69) is 34.2 Å². The molecule has 5 heteroatoms. The minimum absolute atomic E-state index is 0.0144. The minimum atomic E-state index is -0.0144. The van der Waals surface area contributed by atoms with Gasteiger partial charge in [0.1, 0.15) is 5.75 Å². The van der Waals surface area contributed by atoms with Crippen LogP contribution in [0.25, 0.3) is 0 Å². The molecule has 1 heterocycles. The maximum absolute atomic E-state index is 12.2. The number of hydrogen-bond donors (Lipinski definition) is 1. The lowest BCUT2D eigenvalue weighted by atomic mass is 10.1. The van der Waals surface area contributed by atoms with Gasteiger partial charge in [-0.15, -0.1) is 0 Å². The van der Waals surface area contributed by atoms with Gasteiger partial charge in [-0.1, -0.05) is 19.1 Å². The van der Waals surface area contributed by atoms with Gasteiger partial charge in [0, 0.05) is 37.6 Å². The normalized spacial score (nSPS) is 14.9. The zero-order valence-electron chi connectivity index (χ0n) is 15.6. The van der Waals surface area contributed by atoms with E-state index in [0.717, 1.165) is 49.7 Å². The number of amides is 1. The van der Waals surface area contributed by atoms with Crippen molar-refractivity contribution in [2.45, 2.75) is 13.3 Å². The third kappa shape index (κ3) is 4.76. The number of hydrogen-bond acceptors (Lipinski definition) is 4. The second-order valence-corrected chi connectivity index (χ2v) is 6.54. The summed E-state index contributed by atoms with van der Waals surface area (Å²) in [5, 5.41) is 2.97. The summed E-state index contributed by atoms with van der Waals surface area (Å²) < 4.78 is 5.14. The standard InChI is InChI=1S/C21H27N3O2/c1-3-23-12-14-24(15-13-23)19-8-6-18(7-9-19)22-21(25)16-17-4-10-20(26-2)11-5-17/h4-11H,3,12-16H2,1-2H3,(H,22,25). The maximum atomic E-state index is 12.2. The molecule has 138 valence electrons. The summed E-state index contributed by atoms with van der Waals surface area (Å²) in [4.78, 5) is 17.1. The summed E-state index contributed by atoms with van der Waals surface area (Å²) in [6, 6.07) is 15.7. The Morgan fingerprint density at radius 2 is 1.65 bits per heavy atom. The molecular weight excluding hydrogens is 326 g/mol. The Kier molecular flexibility index (Phi) is 6.12.